The lowest BCUT2D eigenvalue weighted by Crippen LogP contribution is -2.39. The minimum Gasteiger partial charge on any atom is -0.467 e. The van der Waals surface area contributed by atoms with Crippen LogP contribution in [0.4, 0.5) is 4.39 Å². The molecule has 3 rings (SSSR count). The van der Waals surface area contributed by atoms with Gasteiger partial charge in [0.2, 0.25) is 0 Å². The molecule has 1 aromatic heterocycles. The van der Waals surface area contributed by atoms with Crippen LogP contribution in [0, 0.1) is 5.82 Å². The van der Waals surface area contributed by atoms with E-state index in [4.69, 9.17) is 18.6 Å². The molecule has 0 saturated carbocycles. The number of hydrogen-bond acceptors (Lipinski definition) is 6. The fourth-order valence-corrected chi connectivity index (χ4v) is 2.37. The molecule has 8 heteroatoms. The van der Waals surface area contributed by atoms with E-state index >= 15 is 0 Å². The van der Waals surface area contributed by atoms with E-state index in [1.54, 1.807) is 6.07 Å². The van der Waals surface area contributed by atoms with Crippen LogP contribution in [0.1, 0.15) is 28.6 Å². The first-order valence-electron chi connectivity index (χ1n) is 7.57. The highest BCUT2D eigenvalue weighted by atomic mass is 19.1. The quantitative estimate of drug-likeness (QED) is 0.833. The van der Waals surface area contributed by atoms with Gasteiger partial charge in [-0.2, -0.15) is 0 Å². The maximum Gasteiger partial charge on any atom is 0.328 e. The maximum atomic E-state index is 13.6. The van der Waals surface area contributed by atoms with Crippen molar-refractivity contribution in [1.29, 1.82) is 0 Å². The molecular formula is C17H16FNO6. The first-order chi connectivity index (χ1) is 12.0. The predicted molar refractivity (Wildman–Crippen MR) is 82.1 cm³/mol. The first kappa shape index (κ1) is 17.0. The van der Waals surface area contributed by atoms with Gasteiger partial charge in [0.1, 0.15) is 24.2 Å². The van der Waals surface area contributed by atoms with Gasteiger partial charge in [-0.15, -0.1) is 0 Å². The molecule has 25 heavy (non-hydrogen) atoms. The molecule has 0 aliphatic carbocycles. The number of fused-ring (bicyclic) bond motifs is 1. The highest BCUT2D eigenvalue weighted by Crippen LogP contribution is 2.29. The molecular weight excluding hydrogens is 333 g/mol. The van der Waals surface area contributed by atoms with Gasteiger partial charge < -0.3 is 23.9 Å². The molecule has 0 saturated heterocycles. The second-order valence-corrected chi connectivity index (χ2v) is 5.44. The maximum absolute atomic E-state index is 13.6. The fraction of sp³-hybridized carbons (Fsp3) is 0.294. The number of rotatable bonds is 5. The average molecular weight is 349 g/mol. The Morgan fingerprint density at radius 2 is 2.24 bits per heavy atom. The summed E-state index contributed by atoms with van der Waals surface area (Å²) in [6, 6.07) is 4.70. The van der Waals surface area contributed by atoms with Gasteiger partial charge in [-0.05, 0) is 31.2 Å². The normalized spacial score (nSPS) is 14.2. The lowest BCUT2D eigenvalue weighted by atomic mass is 10.1. The molecule has 0 fully saturated rings. The Balaban J connectivity index is 1.60. The minimum atomic E-state index is -0.897. The Bertz CT molecular complexity index is 774. The van der Waals surface area contributed by atoms with Crippen molar-refractivity contribution in [1.82, 2.24) is 5.32 Å². The van der Waals surface area contributed by atoms with Gasteiger partial charge in [0, 0.05) is 11.1 Å². The molecule has 0 bridgehead atoms. The molecule has 1 aliphatic heterocycles. The summed E-state index contributed by atoms with van der Waals surface area (Å²) in [6.07, 6.45) is 1.36. The average Bonchev–Trinajstić information content (AvgIpc) is 3.13. The molecule has 0 unspecified atom stereocenters. The SMILES string of the molecule is C[C@H](NC(=O)c1ccco1)C(=O)OCc1cc(F)cc2c1OCOC2. The minimum absolute atomic E-state index is 0.0508. The number of furan rings is 1. The first-order valence-corrected chi connectivity index (χ1v) is 7.57. The monoisotopic (exact) mass is 349 g/mol. The molecule has 2 heterocycles. The lowest BCUT2D eigenvalue weighted by Gasteiger charge is -2.21. The molecule has 1 atom stereocenters. The molecule has 1 aromatic carbocycles. The van der Waals surface area contributed by atoms with Gasteiger partial charge in [0.05, 0.1) is 12.9 Å². The van der Waals surface area contributed by atoms with E-state index in [0.717, 1.165) is 0 Å². The third-order valence-corrected chi connectivity index (χ3v) is 3.57. The van der Waals surface area contributed by atoms with Gasteiger partial charge in [-0.1, -0.05) is 0 Å². The number of ether oxygens (including phenoxy) is 3. The van der Waals surface area contributed by atoms with Crippen molar-refractivity contribution < 1.29 is 32.6 Å². The van der Waals surface area contributed by atoms with Crippen molar-refractivity contribution in [2.75, 3.05) is 6.79 Å². The van der Waals surface area contributed by atoms with E-state index in [9.17, 15) is 14.0 Å². The van der Waals surface area contributed by atoms with Gasteiger partial charge in [0.15, 0.2) is 12.6 Å². The van der Waals surface area contributed by atoms with Gasteiger partial charge in [0.25, 0.3) is 5.91 Å². The third kappa shape index (κ3) is 3.97. The number of benzene rings is 1. The van der Waals surface area contributed by atoms with Crippen molar-refractivity contribution >= 4 is 11.9 Å². The summed E-state index contributed by atoms with van der Waals surface area (Å²) in [4.78, 5) is 23.9. The van der Waals surface area contributed by atoms with Crippen LogP contribution in [0.3, 0.4) is 0 Å². The second kappa shape index (κ2) is 7.35. The summed E-state index contributed by atoms with van der Waals surface area (Å²) in [7, 11) is 0. The summed E-state index contributed by atoms with van der Waals surface area (Å²) in [6.45, 7) is 1.58. The predicted octanol–water partition coefficient (Wildman–Crippen LogP) is 2.15. The van der Waals surface area contributed by atoms with Gasteiger partial charge >= 0.3 is 5.97 Å². The zero-order valence-corrected chi connectivity index (χ0v) is 13.4. The summed E-state index contributed by atoms with van der Waals surface area (Å²) in [5.41, 5.74) is 0.952. The number of nitrogens with one attached hydrogen (secondary N) is 1. The van der Waals surface area contributed by atoms with Crippen LogP contribution in [0.5, 0.6) is 5.75 Å². The Hall–Kier alpha value is -2.87. The summed E-state index contributed by atoms with van der Waals surface area (Å²) in [5, 5.41) is 2.46. The fourth-order valence-electron chi connectivity index (χ4n) is 2.37. The lowest BCUT2D eigenvalue weighted by molar-refractivity contribution is -0.146. The largest absolute Gasteiger partial charge is 0.467 e. The second-order valence-electron chi connectivity index (χ2n) is 5.44. The molecule has 132 valence electrons. The number of amides is 1. The molecule has 1 amide bonds. The van der Waals surface area contributed by atoms with Crippen LogP contribution >= 0.6 is 0 Å². The highest BCUT2D eigenvalue weighted by molar-refractivity contribution is 5.94. The van der Waals surface area contributed by atoms with E-state index < -0.39 is 23.7 Å². The highest BCUT2D eigenvalue weighted by Gasteiger charge is 2.22. The Morgan fingerprint density at radius 3 is 3.00 bits per heavy atom. The van der Waals surface area contributed by atoms with Crippen molar-refractivity contribution in [3.63, 3.8) is 0 Å². The topological polar surface area (TPSA) is 87.0 Å². The molecule has 1 N–H and O–H groups in total. The summed E-state index contributed by atoms with van der Waals surface area (Å²) >= 11 is 0. The number of halogens is 1. The van der Waals surface area contributed by atoms with Crippen molar-refractivity contribution in [2.24, 2.45) is 0 Å². The van der Waals surface area contributed by atoms with Crippen LogP contribution < -0.4 is 10.1 Å². The number of carbonyl (C=O) groups is 2. The molecule has 2 aromatic rings. The van der Waals surface area contributed by atoms with Crippen LogP contribution in [0.15, 0.2) is 34.9 Å². The smallest absolute Gasteiger partial charge is 0.328 e. The Labute approximate surface area is 142 Å². The van der Waals surface area contributed by atoms with E-state index in [2.05, 4.69) is 5.32 Å². The van der Waals surface area contributed by atoms with Crippen molar-refractivity contribution in [2.45, 2.75) is 26.2 Å². The van der Waals surface area contributed by atoms with Crippen LogP contribution in [-0.4, -0.2) is 24.7 Å². The third-order valence-electron chi connectivity index (χ3n) is 3.57. The van der Waals surface area contributed by atoms with Gasteiger partial charge in [-0.25, -0.2) is 9.18 Å². The standard InChI is InChI=1S/C17H16FNO6/c1-10(19-16(20)14-3-2-4-23-14)17(21)24-8-12-6-13(18)5-11-7-22-9-25-15(11)12/h2-6,10H,7-9H2,1H3,(H,19,20)/t10-/m0/s1. The van der Waals surface area contributed by atoms with E-state index in [-0.39, 0.29) is 25.8 Å². The van der Waals surface area contributed by atoms with E-state index in [1.165, 1.54) is 31.4 Å². The van der Waals surface area contributed by atoms with Gasteiger partial charge in [-0.3, -0.25) is 4.79 Å². The zero-order valence-electron chi connectivity index (χ0n) is 13.4. The number of esters is 1. The van der Waals surface area contributed by atoms with Crippen LogP contribution in [0.2, 0.25) is 0 Å². The van der Waals surface area contributed by atoms with Crippen molar-refractivity contribution in [3.8, 4) is 5.75 Å². The molecule has 1 aliphatic rings. The van der Waals surface area contributed by atoms with E-state index in [1.807, 2.05) is 0 Å². The Kier molecular flexibility index (Phi) is 4.99. The van der Waals surface area contributed by atoms with Crippen LogP contribution in [-0.2, 0) is 27.5 Å². The number of carbonyl (C=O) groups excluding carboxylic acids is 2. The molecule has 0 radical (unpaired) electrons. The van der Waals surface area contributed by atoms with E-state index in [0.29, 0.717) is 16.9 Å². The summed E-state index contributed by atoms with van der Waals surface area (Å²) in [5.74, 6) is -1.12. The molecule has 7 nitrogen and oxygen atoms in total. The number of hydrogen-bond donors (Lipinski definition) is 1. The Morgan fingerprint density at radius 1 is 1.40 bits per heavy atom. The molecule has 0 spiro atoms. The summed E-state index contributed by atoms with van der Waals surface area (Å²) < 4.78 is 34.2. The zero-order chi connectivity index (χ0) is 17.8. The van der Waals surface area contributed by atoms with Crippen molar-refractivity contribution in [3.05, 3.63) is 53.2 Å². The van der Waals surface area contributed by atoms with Crippen LogP contribution in [0.25, 0.3) is 0 Å².